The third kappa shape index (κ3) is 4.06. The zero-order valence-electron chi connectivity index (χ0n) is 14.0. The van der Waals surface area contributed by atoms with Gasteiger partial charge in [-0.2, -0.15) is 0 Å². The molecule has 0 fully saturated rings. The molecule has 0 saturated heterocycles. The molecule has 2 N–H and O–H groups in total. The van der Waals surface area contributed by atoms with Gasteiger partial charge in [-0.15, -0.1) is 0 Å². The van der Waals surface area contributed by atoms with Crippen LogP contribution < -0.4 is 14.4 Å². The number of aromatic nitrogens is 1. The van der Waals surface area contributed by atoms with Gasteiger partial charge in [-0.3, -0.25) is 9.36 Å². The quantitative estimate of drug-likeness (QED) is 0.454. The second-order valence-electron chi connectivity index (χ2n) is 5.95. The maximum atomic E-state index is 12.4. The number of nitrogens with two attached hydrogens (primary N) is 1. The van der Waals surface area contributed by atoms with Gasteiger partial charge in [0.2, 0.25) is 0 Å². The van der Waals surface area contributed by atoms with Crippen LogP contribution in [0.2, 0.25) is 0 Å². The minimum absolute atomic E-state index is 0.000351. The van der Waals surface area contributed by atoms with Crippen LogP contribution in [0.5, 0.6) is 0 Å². The van der Waals surface area contributed by atoms with Gasteiger partial charge in [0.15, 0.2) is 0 Å². The standard InChI is InChI=1S/C17H23IN4O/c1-12-6-5-7-21(17(12)23)15-11-16(14(19)10-13(15)2)22(18)9-8-20(3)4/h5-7,10-11H,8-9,19H2,1-4H3. The number of halogens is 1. The second-order valence-corrected chi connectivity index (χ2v) is 7.12. The molecule has 23 heavy (non-hydrogen) atoms. The lowest BCUT2D eigenvalue weighted by atomic mass is 10.1. The molecule has 0 bridgehead atoms. The molecule has 0 saturated carbocycles. The Labute approximate surface area is 151 Å². The third-order valence-corrected chi connectivity index (χ3v) is 4.75. The van der Waals surface area contributed by atoms with Gasteiger partial charge in [-0.1, -0.05) is 6.07 Å². The lowest BCUT2D eigenvalue weighted by Gasteiger charge is -2.22. The molecule has 2 rings (SSSR count). The van der Waals surface area contributed by atoms with Gasteiger partial charge in [0.05, 0.1) is 39.9 Å². The number of nitrogens with zero attached hydrogens (tertiary/aromatic N) is 3. The largest absolute Gasteiger partial charge is 0.397 e. The van der Waals surface area contributed by atoms with Gasteiger partial charge in [0, 0.05) is 24.8 Å². The minimum Gasteiger partial charge on any atom is -0.397 e. The normalized spacial score (nSPS) is 11.0. The Bertz CT molecular complexity index is 755. The molecule has 1 heterocycles. The van der Waals surface area contributed by atoms with Crippen molar-refractivity contribution in [2.45, 2.75) is 13.8 Å². The van der Waals surface area contributed by atoms with E-state index in [1.54, 1.807) is 10.8 Å². The minimum atomic E-state index is -0.000351. The van der Waals surface area contributed by atoms with Crippen LogP contribution in [0.15, 0.2) is 35.3 Å². The SMILES string of the molecule is Cc1cc(N)c(N(I)CCN(C)C)cc1-n1cccc(C)c1=O. The molecule has 124 valence electrons. The average molecular weight is 426 g/mol. The van der Waals surface area contributed by atoms with Crippen molar-refractivity contribution in [3.63, 3.8) is 0 Å². The van der Waals surface area contributed by atoms with Gasteiger partial charge in [-0.05, 0) is 51.7 Å². The maximum Gasteiger partial charge on any atom is 0.257 e. The first-order chi connectivity index (χ1) is 10.8. The zero-order valence-corrected chi connectivity index (χ0v) is 16.2. The van der Waals surface area contributed by atoms with Crippen LogP contribution in [-0.4, -0.2) is 36.7 Å². The molecule has 0 amide bonds. The van der Waals surface area contributed by atoms with E-state index in [0.29, 0.717) is 0 Å². The number of hydrogen-bond acceptors (Lipinski definition) is 4. The van der Waals surface area contributed by atoms with Crippen LogP contribution in [0.3, 0.4) is 0 Å². The Hall–Kier alpha value is -1.54. The Morgan fingerprint density at radius 2 is 1.87 bits per heavy atom. The van der Waals surface area contributed by atoms with Crippen molar-refractivity contribution in [2.75, 3.05) is 36.0 Å². The highest BCUT2D eigenvalue weighted by Crippen LogP contribution is 2.30. The Kier molecular flexibility index (Phi) is 5.69. The average Bonchev–Trinajstić information content (AvgIpc) is 2.48. The number of anilines is 2. The molecular formula is C17H23IN4O. The number of benzene rings is 1. The van der Waals surface area contributed by atoms with E-state index in [0.717, 1.165) is 41.3 Å². The molecule has 0 aliphatic rings. The van der Waals surface area contributed by atoms with Gasteiger partial charge >= 0.3 is 0 Å². The monoisotopic (exact) mass is 426 g/mol. The van der Waals surface area contributed by atoms with Crippen molar-refractivity contribution in [3.05, 3.63) is 51.9 Å². The molecule has 0 spiro atoms. The molecule has 0 aliphatic heterocycles. The molecule has 1 aromatic carbocycles. The van der Waals surface area contributed by atoms with E-state index in [-0.39, 0.29) is 5.56 Å². The molecule has 1 aromatic heterocycles. The van der Waals surface area contributed by atoms with E-state index >= 15 is 0 Å². The molecule has 0 aliphatic carbocycles. The zero-order chi connectivity index (χ0) is 17.1. The molecule has 0 atom stereocenters. The lowest BCUT2D eigenvalue weighted by Crippen LogP contribution is -2.26. The van der Waals surface area contributed by atoms with Crippen molar-refractivity contribution in [1.82, 2.24) is 9.47 Å². The van der Waals surface area contributed by atoms with E-state index in [9.17, 15) is 4.79 Å². The summed E-state index contributed by atoms with van der Waals surface area (Å²) in [5.41, 5.74) is 10.4. The van der Waals surface area contributed by atoms with Crippen molar-refractivity contribution >= 4 is 34.2 Å². The first-order valence-corrected chi connectivity index (χ1v) is 8.44. The van der Waals surface area contributed by atoms with Crippen LogP contribution in [-0.2, 0) is 0 Å². The summed E-state index contributed by atoms with van der Waals surface area (Å²) in [5, 5.41) is 0. The first-order valence-electron chi connectivity index (χ1n) is 7.48. The predicted molar refractivity (Wildman–Crippen MR) is 106 cm³/mol. The van der Waals surface area contributed by atoms with E-state index in [1.807, 2.05) is 52.2 Å². The summed E-state index contributed by atoms with van der Waals surface area (Å²) in [6.45, 7) is 5.58. The fourth-order valence-electron chi connectivity index (χ4n) is 2.38. The highest BCUT2D eigenvalue weighted by molar-refractivity contribution is 14.1. The lowest BCUT2D eigenvalue weighted by molar-refractivity contribution is 0.422. The number of nitrogen functional groups attached to an aromatic ring is 1. The number of likely N-dealkylation sites (N-methyl/N-ethyl adjacent to an activating group) is 1. The van der Waals surface area contributed by atoms with Gasteiger partial charge in [0.25, 0.3) is 5.56 Å². The van der Waals surface area contributed by atoms with Crippen molar-refractivity contribution < 1.29 is 0 Å². The molecular weight excluding hydrogens is 403 g/mol. The van der Waals surface area contributed by atoms with Crippen LogP contribution in [0.25, 0.3) is 5.69 Å². The van der Waals surface area contributed by atoms with E-state index in [1.165, 1.54) is 0 Å². The summed E-state index contributed by atoms with van der Waals surface area (Å²) < 4.78 is 3.78. The number of aryl methyl sites for hydroxylation is 2. The van der Waals surface area contributed by atoms with Crippen LogP contribution >= 0.6 is 22.9 Å². The van der Waals surface area contributed by atoms with Crippen molar-refractivity contribution in [3.8, 4) is 5.69 Å². The van der Waals surface area contributed by atoms with Gasteiger partial charge in [0.1, 0.15) is 0 Å². The summed E-state index contributed by atoms with van der Waals surface area (Å²) in [4.78, 5) is 14.5. The fourth-order valence-corrected chi connectivity index (χ4v) is 3.01. The van der Waals surface area contributed by atoms with Gasteiger partial charge in [-0.25, -0.2) is 0 Å². The molecule has 2 aromatic rings. The Morgan fingerprint density at radius 1 is 1.17 bits per heavy atom. The highest BCUT2D eigenvalue weighted by atomic mass is 127. The topological polar surface area (TPSA) is 54.5 Å². The van der Waals surface area contributed by atoms with E-state index in [4.69, 9.17) is 5.73 Å². The van der Waals surface area contributed by atoms with E-state index < -0.39 is 0 Å². The molecule has 0 unspecified atom stereocenters. The number of hydrogen-bond donors (Lipinski definition) is 1. The molecule has 5 nitrogen and oxygen atoms in total. The smallest absolute Gasteiger partial charge is 0.257 e. The summed E-state index contributed by atoms with van der Waals surface area (Å²) in [6, 6.07) is 7.64. The summed E-state index contributed by atoms with van der Waals surface area (Å²) in [5.74, 6) is 0. The fraction of sp³-hybridized carbons (Fsp3) is 0.353. The first kappa shape index (κ1) is 17.8. The Balaban J connectivity index is 2.48. The summed E-state index contributed by atoms with van der Waals surface area (Å²) >= 11 is 2.27. The summed E-state index contributed by atoms with van der Waals surface area (Å²) in [7, 11) is 4.08. The van der Waals surface area contributed by atoms with Crippen LogP contribution in [0, 0.1) is 13.8 Å². The molecule has 0 radical (unpaired) electrons. The predicted octanol–water partition coefficient (Wildman–Crippen LogP) is 2.75. The van der Waals surface area contributed by atoms with Gasteiger partial charge < -0.3 is 13.7 Å². The maximum absolute atomic E-state index is 12.4. The van der Waals surface area contributed by atoms with E-state index in [2.05, 4.69) is 30.9 Å². The number of rotatable bonds is 5. The summed E-state index contributed by atoms with van der Waals surface area (Å²) in [6.07, 6.45) is 1.80. The molecule has 6 heteroatoms. The second kappa shape index (κ2) is 7.35. The van der Waals surface area contributed by atoms with Crippen molar-refractivity contribution in [2.24, 2.45) is 0 Å². The third-order valence-electron chi connectivity index (χ3n) is 3.75. The van der Waals surface area contributed by atoms with Crippen molar-refractivity contribution in [1.29, 1.82) is 0 Å². The van der Waals surface area contributed by atoms with Crippen LogP contribution in [0.4, 0.5) is 11.4 Å². The highest BCUT2D eigenvalue weighted by Gasteiger charge is 2.13. The van der Waals surface area contributed by atoms with Crippen LogP contribution in [0.1, 0.15) is 11.1 Å². The number of pyridine rings is 1. The Morgan fingerprint density at radius 3 is 2.52 bits per heavy atom.